The third-order valence-electron chi connectivity index (χ3n) is 8.00. The Balaban J connectivity index is 1.59. The van der Waals surface area contributed by atoms with Gasteiger partial charge in [0, 0.05) is 91.6 Å². The van der Waals surface area contributed by atoms with Crippen molar-refractivity contribution in [3.63, 3.8) is 0 Å². The molecule has 0 saturated carbocycles. The summed E-state index contributed by atoms with van der Waals surface area (Å²) in [6.45, 7) is 4.45. The van der Waals surface area contributed by atoms with Crippen LogP contribution in [-0.4, -0.2) is 84.5 Å². The lowest BCUT2D eigenvalue weighted by atomic mass is 10.1. The Morgan fingerprint density at radius 2 is 0.647 bits per heavy atom. The van der Waals surface area contributed by atoms with E-state index in [1.165, 1.54) is 0 Å². The molecule has 0 spiro atoms. The van der Waals surface area contributed by atoms with E-state index in [1.54, 1.807) is 0 Å². The van der Waals surface area contributed by atoms with Crippen LogP contribution in [-0.2, 0) is 0 Å². The summed E-state index contributed by atoms with van der Waals surface area (Å²) < 4.78 is 0. The van der Waals surface area contributed by atoms with Crippen LogP contribution in [0.5, 0.6) is 0 Å². The van der Waals surface area contributed by atoms with Gasteiger partial charge in [0.2, 0.25) is 0 Å². The first-order valence-corrected chi connectivity index (χ1v) is 20.0. The van der Waals surface area contributed by atoms with Crippen LogP contribution in [0, 0.1) is 0 Å². The first-order valence-electron chi connectivity index (χ1n) is 16.8. The number of benzene rings is 3. The number of rotatable bonds is 21. The van der Waals surface area contributed by atoms with Crippen LogP contribution in [0.4, 0.5) is 17.1 Å². The highest BCUT2D eigenvalue weighted by atomic mass is 35.5. The van der Waals surface area contributed by atoms with Gasteiger partial charge in [0.05, 0.1) is 11.4 Å². The topological polar surface area (TPSA) is 35.5 Å². The van der Waals surface area contributed by atoms with Crippen molar-refractivity contribution in [1.29, 1.82) is 0 Å². The molecule has 1 aromatic heterocycles. The summed E-state index contributed by atoms with van der Waals surface area (Å²) in [7, 11) is 0. The van der Waals surface area contributed by atoms with E-state index in [-0.39, 0.29) is 0 Å². The molecule has 51 heavy (non-hydrogen) atoms. The second-order valence-electron chi connectivity index (χ2n) is 11.4. The molecule has 0 atom stereocenters. The Bertz CT molecular complexity index is 1450. The summed E-state index contributed by atoms with van der Waals surface area (Å²) in [5.41, 5.74) is 7.99. The highest BCUT2D eigenvalue weighted by Crippen LogP contribution is 2.21. The largest absolute Gasteiger partial charge is 0.369 e. The quantitative estimate of drug-likeness (QED) is 0.0784. The highest BCUT2D eigenvalue weighted by Gasteiger charge is 2.08. The maximum atomic E-state index is 6.01. The Labute approximate surface area is 333 Å². The van der Waals surface area contributed by atoms with Crippen molar-refractivity contribution in [3.05, 3.63) is 113 Å². The first-order chi connectivity index (χ1) is 25.0. The van der Waals surface area contributed by atoms with Gasteiger partial charge in [-0.15, -0.1) is 69.6 Å². The van der Waals surface area contributed by atoms with Crippen LogP contribution in [0.3, 0.4) is 0 Å². The molecule has 0 fully saturated rings. The average molecular weight is 807 g/mol. The third-order valence-corrected chi connectivity index (χ3v) is 9.02. The minimum atomic E-state index is 0.539. The molecule has 4 aromatic rings. The van der Waals surface area contributed by atoms with Crippen LogP contribution in [0.2, 0.25) is 0 Å². The number of halogens is 6. The Hall–Kier alpha value is -2.90. The first kappa shape index (κ1) is 40.9. The van der Waals surface area contributed by atoms with E-state index < -0.39 is 0 Å². The van der Waals surface area contributed by atoms with E-state index in [9.17, 15) is 0 Å². The zero-order valence-corrected chi connectivity index (χ0v) is 33.0. The monoisotopic (exact) mass is 803 g/mol. The van der Waals surface area contributed by atoms with Gasteiger partial charge in [0.25, 0.3) is 0 Å². The second-order valence-corrected chi connectivity index (χ2v) is 13.7. The number of nitrogens with zero attached hydrogens (tertiary/aromatic N) is 5. The molecule has 11 heteroatoms. The van der Waals surface area contributed by atoms with Crippen molar-refractivity contribution in [2.24, 2.45) is 0 Å². The van der Waals surface area contributed by atoms with Crippen LogP contribution in [0.1, 0.15) is 33.9 Å². The van der Waals surface area contributed by atoms with E-state index in [0.29, 0.717) is 41.1 Å². The van der Waals surface area contributed by atoms with Crippen LogP contribution < -0.4 is 14.7 Å². The summed E-state index contributed by atoms with van der Waals surface area (Å²) >= 11 is 36.1. The molecule has 0 aliphatic rings. The molecule has 0 N–H and O–H groups in total. The number of hydrogen-bond donors (Lipinski definition) is 0. The molecule has 0 aliphatic carbocycles. The lowest BCUT2D eigenvalue weighted by molar-refractivity contribution is 0.874. The predicted octanol–water partition coefficient (Wildman–Crippen LogP) is 10.8. The maximum absolute atomic E-state index is 6.01. The maximum Gasteiger partial charge on any atom is 0.153 e. The van der Waals surface area contributed by atoms with Crippen molar-refractivity contribution in [3.8, 4) is 0 Å². The van der Waals surface area contributed by atoms with E-state index in [2.05, 4.69) is 99.6 Å². The molecule has 0 aliphatic heterocycles. The van der Waals surface area contributed by atoms with E-state index in [1.807, 2.05) is 30.4 Å². The molecule has 0 amide bonds. The zero-order chi connectivity index (χ0) is 36.3. The Morgan fingerprint density at radius 3 is 0.922 bits per heavy atom. The number of alkyl halides is 6. The van der Waals surface area contributed by atoms with Gasteiger partial charge in [-0.05, 0) is 77.4 Å². The lowest BCUT2D eigenvalue weighted by Gasteiger charge is -2.22. The summed E-state index contributed by atoms with van der Waals surface area (Å²) in [6, 6.07) is 27.0. The van der Waals surface area contributed by atoms with Crippen LogP contribution in [0.25, 0.3) is 36.5 Å². The lowest BCUT2D eigenvalue weighted by Crippen LogP contribution is -2.27. The van der Waals surface area contributed by atoms with Crippen molar-refractivity contribution in [2.45, 2.75) is 0 Å². The Kier molecular flexibility index (Phi) is 18.4. The highest BCUT2D eigenvalue weighted by molar-refractivity contribution is 6.19. The summed E-state index contributed by atoms with van der Waals surface area (Å²) in [5.74, 6) is 3.85. The zero-order valence-electron chi connectivity index (χ0n) is 28.5. The normalized spacial score (nSPS) is 11.6. The van der Waals surface area contributed by atoms with Crippen molar-refractivity contribution < 1.29 is 0 Å². The standard InChI is InChI=1S/C40H43Cl6N5/c41-19-25-49(26-20-42)37-12-3-32(4-13-37)1-10-35-31-36(11-2-33-5-14-38(15-6-33)50(27-21-43)28-22-44)48-40(47-35)18-9-34-7-16-39(17-8-34)51(29-23-45)30-24-46/h1-18,31H,19-30H2/b10-1-,11-2+,18-9-. The van der Waals surface area contributed by atoms with E-state index >= 15 is 0 Å². The molecule has 270 valence electrons. The minimum absolute atomic E-state index is 0.539. The van der Waals surface area contributed by atoms with E-state index in [4.69, 9.17) is 79.6 Å². The minimum Gasteiger partial charge on any atom is -0.369 e. The predicted molar refractivity (Wildman–Crippen MR) is 229 cm³/mol. The molecule has 0 unspecified atom stereocenters. The van der Waals surface area contributed by atoms with Gasteiger partial charge in [0.1, 0.15) is 0 Å². The van der Waals surface area contributed by atoms with Gasteiger partial charge < -0.3 is 14.7 Å². The van der Waals surface area contributed by atoms with E-state index in [0.717, 1.165) is 84.4 Å². The van der Waals surface area contributed by atoms with Gasteiger partial charge >= 0.3 is 0 Å². The molecule has 0 bridgehead atoms. The van der Waals surface area contributed by atoms with Gasteiger partial charge in [-0.1, -0.05) is 54.6 Å². The number of aromatic nitrogens is 2. The van der Waals surface area contributed by atoms with Gasteiger partial charge in [-0.3, -0.25) is 0 Å². The van der Waals surface area contributed by atoms with Gasteiger partial charge in [-0.2, -0.15) is 0 Å². The van der Waals surface area contributed by atoms with Crippen LogP contribution in [0.15, 0.2) is 78.9 Å². The SMILES string of the molecule is ClCCN(CCCl)c1ccc(/C=C\c2cc(/C=C/c3ccc(N(CCCl)CCCl)cc3)nc(/C=C\c3ccc(N(CCCl)CCCl)cc3)n2)cc1. The third kappa shape index (κ3) is 13.5. The Morgan fingerprint density at radius 1 is 0.373 bits per heavy atom. The molecule has 5 nitrogen and oxygen atoms in total. The second kappa shape index (κ2) is 22.9. The van der Waals surface area contributed by atoms with Crippen molar-refractivity contribution >= 4 is 123 Å². The molecule has 0 radical (unpaired) electrons. The molecule has 0 saturated heterocycles. The molecule has 1 heterocycles. The molecular formula is C40H43Cl6N5. The number of anilines is 3. The summed E-state index contributed by atoms with van der Waals surface area (Å²) in [4.78, 5) is 16.2. The van der Waals surface area contributed by atoms with Gasteiger partial charge in [0.15, 0.2) is 5.82 Å². The fraction of sp³-hybridized carbons (Fsp3) is 0.300. The summed E-state index contributed by atoms with van der Waals surface area (Å²) in [5, 5.41) is 0. The molecule has 3 aromatic carbocycles. The number of hydrogen-bond acceptors (Lipinski definition) is 5. The average Bonchev–Trinajstić information content (AvgIpc) is 3.16. The van der Waals surface area contributed by atoms with Crippen molar-refractivity contribution in [1.82, 2.24) is 9.97 Å². The van der Waals surface area contributed by atoms with Crippen LogP contribution >= 0.6 is 69.6 Å². The van der Waals surface area contributed by atoms with Crippen molar-refractivity contribution in [2.75, 3.05) is 89.2 Å². The fourth-order valence-corrected chi connectivity index (χ4v) is 6.62. The van der Waals surface area contributed by atoms with Gasteiger partial charge in [-0.25, -0.2) is 9.97 Å². The fourth-order valence-electron chi connectivity index (χ4n) is 5.40. The summed E-state index contributed by atoms with van der Waals surface area (Å²) in [6.07, 6.45) is 12.1. The smallest absolute Gasteiger partial charge is 0.153 e. The molecule has 4 rings (SSSR count). The molecular weight excluding hydrogens is 763 g/mol.